The summed E-state index contributed by atoms with van der Waals surface area (Å²) >= 11 is 0. The molecule has 0 unspecified atom stereocenters. The van der Waals surface area contributed by atoms with E-state index in [1.807, 2.05) is 6.08 Å². The number of carbonyl (C=O) groups is 3. The second-order valence-electron chi connectivity index (χ2n) is 6.20. The van der Waals surface area contributed by atoms with Gasteiger partial charge in [0.1, 0.15) is 0 Å². The van der Waals surface area contributed by atoms with Crippen LogP contribution in [0.15, 0.2) is 36.4 Å². The molecule has 1 aromatic carbocycles. The van der Waals surface area contributed by atoms with Gasteiger partial charge in [0.05, 0.1) is 11.8 Å². The number of hydrogen-bond donors (Lipinski definition) is 3. The molecule has 2 amide bonds. The molecule has 2 rings (SSSR count). The number of aliphatic carboxylic acids is 1. The van der Waals surface area contributed by atoms with Crippen LogP contribution in [0.2, 0.25) is 0 Å². The molecule has 0 saturated heterocycles. The number of carboxylic acid groups (broad SMARTS) is 1. The fraction of sp³-hybridized carbons (Fsp3) is 0.389. The molecule has 6 heteroatoms. The van der Waals surface area contributed by atoms with Crippen molar-refractivity contribution >= 4 is 29.2 Å². The number of hydrogen-bond acceptors (Lipinski definition) is 3. The zero-order valence-corrected chi connectivity index (χ0v) is 13.8. The molecule has 3 N–H and O–H groups in total. The molecule has 6 nitrogen and oxygen atoms in total. The highest BCUT2D eigenvalue weighted by molar-refractivity contribution is 5.96. The molecule has 1 aromatic rings. The van der Waals surface area contributed by atoms with Gasteiger partial charge >= 0.3 is 5.97 Å². The first kappa shape index (κ1) is 17.7. The van der Waals surface area contributed by atoms with Crippen LogP contribution in [-0.2, 0) is 14.4 Å². The molecule has 0 fully saturated rings. The fourth-order valence-electron chi connectivity index (χ4n) is 2.54. The summed E-state index contributed by atoms with van der Waals surface area (Å²) < 4.78 is 0. The Hall–Kier alpha value is -2.63. The molecule has 0 aliphatic heterocycles. The molecule has 2 atom stereocenters. The van der Waals surface area contributed by atoms with Crippen molar-refractivity contribution in [3.05, 3.63) is 36.4 Å². The van der Waals surface area contributed by atoms with Crippen molar-refractivity contribution in [2.45, 2.75) is 26.7 Å². The standard InChI is InChI=1S/C18H22N2O4/c1-11(2)16(21)19-12-7-9-13(10-8-12)20-17(22)14-5-3-4-6-15(14)18(23)24/h3-4,7-11,14-15H,5-6H2,1-2H3,(H,19,21)(H,20,22)(H,23,24)/t14-,15-/m0/s1. The normalized spacial score (nSPS) is 19.8. The highest BCUT2D eigenvalue weighted by Gasteiger charge is 2.33. The highest BCUT2D eigenvalue weighted by Crippen LogP contribution is 2.27. The number of anilines is 2. The van der Waals surface area contributed by atoms with Crippen molar-refractivity contribution in [3.8, 4) is 0 Å². The fourth-order valence-corrected chi connectivity index (χ4v) is 2.54. The third kappa shape index (κ3) is 4.44. The first-order valence-electron chi connectivity index (χ1n) is 7.98. The van der Waals surface area contributed by atoms with Crippen LogP contribution in [0.25, 0.3) is 0 Å². The van der Waals surface area contributed by atoms with Crippen LogP contribution in [0.3, 0.4) is 0 Å². The van der Waals surface area contributed by atoms with E-state index in [0.29, 0.717) is 24.2 Å². The minimum absolute atomic E-state index is 0.0786. The molecule has 0 spiro atoms. The quantitative estimate of drug-likeness (QED) is 0.723. The van der Waals surface area contributed by atoms with Crippen molar-refractivity contribution in [2.24, 2.45) is 17.8 Å². The van der Waals surface area contributed by atoms with E-state index in [-0.39, 0.29) is 17.7 Å². The number of carbonyl (C=O) groups excluding carboxylic acids is 2. The van der Waals surface area contributed by atoms with Gasteiger partial charge in [-0.1, -0.05) is 26.0 Å². The van der Waals surface area contributed by atoms with E-state index in [1.165, 1.54) is 0 Å². The molecule has 0 radical (unpaired) electrons. The maximum absolute atomic E-state index is 12.4. The summed E-state index contributed by atoms with van der Waals surface area (Å²) in [7, 11) is 0. The number of benzene rings is 1. The van der Waals surface area contributed by atoms with Gasteiger partial charge < -0.3 is 15.7 Å². The van der Waals surface area contributed by atoms with Gasteiger partial charge in [-0.05, 0) is 37.1 Å². The van der Waals surface area contributed by atoms with Crippen LogP contribution in [0.1, 0.15) is 26.7 Å². The number of allylic oxidation sites excluding steroid dienone is 2. The maximum atomic E-state index is 12.4. The molecule has 1 aliphatic rings. The lowest BCUT2D eigenvalue weighted by atomic mass is 9.82. The number of carboxylic acids is 1. The van der Waals surface area contributed by atoms with Crippen LogP contribution in [0.5, 0.6) is 0 Å². The SMILES string of the molecule is CC(C)C(=O)Nc1ccc(NC(=O)[C@H]2CC=CC[C@@H]2C(=O)O)cc1. The number of nitrogens with one attached hydrogen (secondary N) is 2. The van der Waals surface area contributed by atoms with Gasteiger partial charge in [0.2, 0.25) is 11.8 Å². The summed E-state index contributed by atoms with van der Waals surface area (Å²) in [5.41, 5.74) is 1.22. The molecule has 128 valence electrons. The Morgan fingerprint density at radius 3 is 1.96 bits per heavy atom. The molecule has 1 aliphatic carbocycles. The van der Waals surface area contributed by atoms with E-state index < -0.39 is 17.8 Å². The lowest BCUT2D eigenvalue weighted by Gasteiger charge is -2.24. The van der Waals surface area contributed by atoms with Gasteiger partial charge in [-0.25, -0.2) is 0 Å². The Labute approximate surface area is 140 Å². The first-order valence-corrected chi connectivity index (χ1v) is 7.98. The Bertz CT molecular complexity index is 649. The maximum Gasteiger partial charge on any atom is 0.307 e. The van der Waals surface area contributed by atoms with Gasteiger partial charge in [-0.15, -0.1) is 0 Å². The second kappa shape index (κ2) is 7.77. The van der Waals surface area contributed by atoms with E-state index in [9.17, 15) is 19.5 Å². The Kier molecular flexibility index (Phi) is 5.73. The minimum atomic E-state index is -0.953. The van der Waals surface area contributed by atoms with Crippen LogP contribution in [0.4, 0.5) is 11.4 Å². The summed E-state index contributed by atoms with van der Waals surface area (Å²) in [5, 5.41) is 14.8. The average Bonchev–Trinajstić information content (AvgIpc) is 2.56. The molecule has 0 aromatic heterocycles. The van der Waals surface area contributed by atoms with Crippen molar-refractivity contribution in [3.63, 3.8) is 0 Å². The van der Waals surface area contributed by atoms with E-state index in [0.717, 1.165) is 0 Å². The van der Waals surface area contributed by atoms with E-state index in [4.69, 9.17) is 0 Å². The van der Waals surface area contributed by atoms with Gasteiger partial charge in [0, 0.05) is 17.3 Å². The summed E-state index contributed by atoms with van der Waals surface area (Å²) in [4.78, 5) is 35.3. The number of amides is 2. The zero-order valence-electron chi connectivity index (χ0n) is 13.8. The monoisotopic (exact) mass is 330 g/mol. The van der Waals surface area contributed by atoms with Crippen LogP contribution < -0.4 is 10.6 Å². The van der Waals surface area contributed by atoms with Crippen molar-refractivity contribution < 1.29 is 19.5 Å². The molecule has 0 heterocycles. The molecule has 0 saturated carbocycles. The lowest BCUT2D eigenvalue weighted by molar-refractivity contribution is -0.146. The largest absolute Gasteiger partial charge is 0.481 e. The van der Waals surface area contributed by atoms with E-state index in [2.05, 4.69) is 10.6 Å². The Morgan fingerprint density at radius 2 is 1.46 bits per heavy atom. The third-order valence-corrected chi connectivity index (χ3v) is 4.03. The van der Waals surface area contributed by atoms with Crippen LogP contribution >= 0.6 is 0 Å². The van der Waals surface area contributed by atoms with Gasteiger partial charge in [0.15, 0.2) is 0 Å². The first-order chi connectivity index (χ1) is 11.4. The lowest BCUT2D eigenvalue weighted by Crippen LogP contribution is -2.34. The highest BCUT2D eigenvalue weighted by atomic mass is 16.4. The van der Waals surface area contributed by atoms with Crippen molar-refractivity contribution in [1.82, 2.24) is 0 Å². The Balaban J connectivity index is 2.00. The topological polar surface area (TPSA) is 95.5 Å². The van der Waals surface area contributed by atoms with E-state index >= 15 is 0 Å². The van der Waals surface area contributed by atoms with E-state index in [1.54, 1.807) is 44.2 Å². The van der Waals surface area contributed by atoms with Gasteiger partial charge in [0.25, 0.3) is 0 Å². The summed E-state index contributed by atoms with van der Waals surface area (Å²) in [5.74, 6) is -2.72. The summed E-state index contributed by atoms with van der Waals surface area (Å²) in [6.07, 6.45) is 4.43. The smallest absolute Gasteiger partial charge is 0.307 e. The van der Waals surface area contributed by atoms with Gasteiger partial charge in [-0.3, -0.25) is 14.4 Å². The third-order valence-electron chi connectivity index (χ3n) is 4.03. The van der Waals surface area contributed by atoms with Crippen molar-refractivity contribution in [1.29, 1.82) is 0 Å². The van der Waals surface area contributed by atoms with Gasteiger partial charge in [-0.2, -0.15) is 0 Å². The van der Waals surface area contributed by atoms with Crippen LogP contribution in [-0.4, -0.2) is 22.9 Å². The minimum Gasteiger partial charge on any atom is -0.481 e. The Morgan fingerprint density at radius 1 is 0.958 bits per heavy atom. The predicted molar refractivity (Wildman–Crippen MR) is 91.5 cm³/mol. The number of rotatable bonds is 5. The molecular formula is C18H22N2O4. The van der Waals surface area contributed by atoms with Crippen LogP contribution in [0, 0.1) is 17.8 Å². The molecule has 0 bridgehead atoms. The average molecular weight is 330 g/mol. The summed E-state index contributed by atoms with van der Waals surface area (Å²) in [6.45, 7) is 3.61. The molecule has 24 heavy (non-hydrogen) atoms. The molecular weight excluding hydrogens is 308 g/mol. The zero-order chi connectivity index (χ0) is 17.7. The predicted octanol–water partition coefficient (Wildman–Crippen LogP) is 2.89. The van der Waals surface area contributed by atoms with Crippen molar-refractivity contribution in [2.75, 3.05) is 10.6 Å². The summed E-state index contributed by atoms with van der Waals surface area (Å²) in [6, 6.07) is 6.77. The second-order valence-corrected chi connectivity index (χ2v) is 6.20.